The van der Waals surface area contributed by atoms with Crippen LogP contribution in [-0.2, 0) is 0 Å². The van der Waals surface area contributed by atoms with Crippen LogP contribution in [0.4, 0.5) is 5.69 Å². The van der Waals surface area contributed by atoms with Gasteiger partial charge < -0.3 is 0 Å². The second-order valence-corrected chi connectivity index (χ2v) is 4.51. The number of nitrogens with zero attached hydrogens (tertiary/aromatic N) is 3. The van der Waals surface area contributed by atoms with Gasteiger partial charge in [-0.15, -0.1) is 0 Å². The molecular weight excluding hydrogens is 252 g/mol. The largest absolute Gasteiger partial charge is 0.270 e. The Morgan fingerprint density at radius 2 is 2.44 bits per heavy atom. The van der Waals surface area contributed by atoms with Crippen LogP contribution in [0.1, 0.15) is 12.5 Å². The summed E-state index contributed by atoms with van der Waals surface area (Å²) in [4.78, 5) is 14.5. The third kappa shape index (κ3) is 2.86. The summed E-state index contributed by atoms with van der Waals surface area (Å²) < 4.78 is 0. The zero-order valence-electron chi connectivity index (χ0n) is 9.79. The Morgan fingerprint density at radius 1 is 1.61 bits per heavy atom. The summed E-state index contributed by atoms with van der Waals surface area (Å²) in [5.74, 6) is 0.660. The van der Waals surface area contributed by atoms with Crippen molar-refractivity contribution in [1.29, 1.82) is 0 Å². The van der Waals surface area contributed by atoms with E-state index in [0.717, 1.165) is 16.4 Å². The van der Waals surface area contributed by atoms with Crippen molar-refractivity contribution < 1.29 is 4.92 Å². The highest BCUT2D eigenvalue weighted by atomic mass is 32.2. The quantitative estimate of drug-likeness (QED) is 0.669. The number of non-ortho nitro benzene ring substituents is 1. The van der Waals surface area contributed by atoms with E-state index in [9.17, 15) is 10.1 Å². The van der Waals surface area contributed by atoms with Crippen molar-refractivity contribution in [1.82, 2.24) is 5.43 Å². The number of nitrogens with one attached hydrogen (secondary N) is 1. The van der Waals surface area contributed by atoms with E-state index in [1.165, 1.54) is 12.1 Å². The van der Waals surface area contributed by atoms with Gasteiger partial charge in [0.05, 0.1) is 10.6 Å². The van der Waals surface area contributed by atoms with Crippen LogP contribution in [0.15, 0.2) is 34.4 Å². The summed E-state index contributed by atoms with van der Waals surface area (Å²) in [5, 5.41) is 15.7. The Hall–Kier alpha value is -1.89. The molecule has 0 saturated carbocycles. The highest BCUT2D eigenvalue weighted by molar-refractivity contribution is 8.14. The molecule has 0 spiro atoms. The van der Waals surface area contributed by atoms with Crippen LogP contribution in [-0.4, -0.2) is 28.1 Å². The fraction of sp³-hybridized carbons (Fsp3) is 0.273. The minimum atomic E-state index is -0.405. The average molecular weight is 264 g/mol. The zero-order chi connectivity index (χ0) is 13.0. The van der Waals surface area contributed by atoms with Gasteiger partial charge in [-0.2, -0.15) is 5.10 Å². The van der Waals surface area contributed by atoms with E-state index in [1.54, 1.807) is 17.8 Å². The lowest BCUT2D eigenvalue weighted by Crippen LogP contribution is -2.25. The first kappa shape index (κ1) is 12.6. The van der Waals surface area contributed by atoms with Gasteiger partial charge in [0.25, 0.3) is 5.69 Å². The van der Waals surface area contributed by atoms with Gasteiger partial charge in [-0.1, -0.05) is 23.9 Å². The van der Waals surface area contributed by atoms with Crippen molar-refractivity contribution in [3.63, 3.8) is 0 Å². The number of hydrazone groups is 1. The van der Waals surface area contributed by atoms with Gasteiger partial charge in [0, 0.05) is 30.0 Å². The van der Waals surface area contributed by atoms with E-state index in [0.29, 0.717) is 12.3 Å². The molecule has 7 heteroatoms. The predicted molar refractivity (Wildman–Crippen MR) is 73.2 cm³/mol. The molecule has 0 saturated heterocycles. The van der Waals surface area contributed by atoms with E-state index < -0.39 is 4.92 Å². The van der Waals surface area contributed by atoms with Gasteiger partial charge in [-0.3, -0.25) is 20.5 Å². The average Bonchev–Trinajstić information content (AvgIpc) is 2.40. The summed E-state index contributed by atoms with van der Waals surface area (Å²) in [7, 11) is 0. The Kier molecular flexibility index (Phi) is 3.93. The highest BCUT2D eigenvalue weighted by Crippen LogP contribution is 2.18. The van der Waals surface area contributed by atoms with Crippen molar-refractivity contribution >= 4 is 28.3 Å². The second-order valence-electron chi connectivity index (χ2n) is 3.55. The topological polar surface area (TPSA) is 79.9 Å². The van der Waals surface area contributed by atoms with Crippen molar-refractivity contribution in [2.75, 3.05) is 12.3 Å². The van der Waals surface area contributed by atoms with Crippen LogP contribution in [0.3, 0.4) is 0 Å². The van der Waals surface area contributed by atoms with Crippen LogP contribution < -0.4 is 5.43 Å². The Morgan fingerprint density at radius 3 is 3.06 bits per heavy atom. The molecular formula is C11H12N4O2S. The number of thioether (sulfide) groups is 1. The van der Waals surface area contributed by atoms with Crippen LogP contribution in [0.2, 0.25) is 0 Å². The minimum absolute atomic E-state index is 0.0771. The van der Waals surface area contributed by atoms with Crippen molar-refractivity contribution in [3.8, 4) is 0 Å². The smallest absolute Gasteiger partial charge is 0.262 e. The number of amidine groups is 1. The zero-order valence-corrected chi connectivity index (χ0v) is 10.6. The highest BCUT2D eigenvalue weighted by Gasteiger charge is 2.15. The summed E-state index contributed by atoms with van der Waals surface area (Å²) in [5.41, 5.74) is 4.48. The second kappa shape index (κ2) is 5.63. The lowest BCUT2D eigenvalue weighted by atomic mass is 10.1. The predicted octanol–water partition coefficient (Wildman–Crippen LogP) is 2.01. The monoisotopic (exact) mass is 264 g/mol. The Bertz CT molecular complexity index is 528. The van der Waals surface area contributed by atoms with E-state index in [-0.39, 0.29) is 5.69 Å². The maximum atomic E-state index is 10.7. The molecule has 1 N–H and O–H groups in total. The van der Waals surface area contributed by atoms with Gasteiger partial charge in [-0.25, -0.2) is 0 Å². The molecule has 1 aromatic rings. The van der Waals surface area contributed by atoms with Gasteiger partial charge in [0.2, 0.25) is 0 Å². The maximum Gasteiger partial charge on any atom is 0.270 e. The number of hydrogen-bond donors (Lipinski definition) is 1. The molecule has 0 unspecified atom stereocenters. The summed E-state index contributed by atoms with van der Waals surface area (Å²) in [6, 6.07) is 6.48. The first-order valence-corrected chi connectivity index (χ1v) is 6.44. The van der Waals surface area contributed by atoms with Crippen molar-refractivity contribution in [3.05, 3.63) is 39.9 Å². The molecule has 0 fully saturated rings. The summed E-state index contributed by atoms with van der Waals surface area (Å²) in [6.07, 6.45) is 0. The lowest BCUT2D eigenvalue weighted by molar-refractivity contribution is -0.384. The molecule has 0 aromatic heterocycles. The molecule has 6 nitrogen and oxygen atoms in total. The van der Waals surface area contributed by atoms with Gasteiger partial charge in [0.15, 0.2) is 5.17 Å². The van der Waals surface area contributed by atoms with E-state index >= 15 is 0 Å². The minimum Gasteiger partial charge on any atom is -0.262 e. The number of nitro benzene ring substituents is 1. The number of rotatable bonds is 3. The molecule has 0 amide bonds. The molecule has 0 atom stereocenters. The number of hydrogen-bond acceptors (Lipinski definition) is 5. The number of nitro groups is 1. The first-order chi connectivity index (χ1) is 8.70. The van der Waals surface area contributed by atoms with Crippen molar-refractivity contribution in [2.45, 2.75) is 6.92 Å². The summed E-state index contributed by atoms with van der Waals surface area (Å²) >= 11 is 1.54. The molecule has 2 rings (SSSR count). The molecule has 1 aliphatic heterocycles. The molecule has 0 radical (unpaired) electrons. The van der Waals surface area contributed by atoms with Gasteiger partial charge in [-0.05, 0) is 6.92 Å². The van der Waals surface area contributed by atoms with Crippen LogP contribution in [0.5, 0.6) is 0 Å². The SMILES string of the molecule is CCN=C1NN=C(c2cccc([N+](=O)[O-])c2)CS1. The molecule has 0 bridgehead atoms. The van der Waals surface area contributed by atoms with Crippen LogP contribution in [0, 0.1) is 10.1 Å². The molecule has 18 heavy (non-hydrogen) atoms. The van der Waals surface area contributed by atoms with E-state index in [1.807, 2.05) is 13.0 Å². The van der Waals surface area contributed by atoms with Crippen LogP contribution in [0.25, 0.3) is 0 Å². The van der Waals surface area contributed by atoms with Gasteiger partial charge >= 0.3 is 0 Å². The first-order valence-electron chi connectivity index (χ1n) is 5.45. The number of benzene rings is 1. The van der Waals surface area contributed by atoms with E-state index in [2.05, 4.69) is 15.5 Å². The molecule has 1 aliphatic rings. The third-order valence-corrected chi connectivity index (χ3v) is 3.24. The van der Waals surface area contributed by atoms with E-state index in [4.69, 9.17) is 0 Å². The van der Waals surface area contributed by atoms with Gasteiger partial charge in [0.1, 0.15) is 0 Å². The summed E-state index contributed by atoms with van der Waals surface area (Å²) in [6.45, 7) is 2.66. The fourth-order valence-corrected chi connectivity index (χ4v) is 2.32. The van der Waals surface area contributed by atoms with Crippen LogP contribution >= 0.6 is 11.8 Å². The third-order valence-electron chi connectivity index (χ3n) is 2.32. The maximum absolute atomic E-state index is 10.7. The number of aliphatic imine (C=N–C) groups is 1. The van der Waals surface area contributed by atoms with Crippen molar-refractivity contribution in [2.24, 2.45) is 10.1 Å². The molecule has 1 heterocycles. The normalized spacial score (nSPS) is 17.2. The lowest BCUT2D eigenvalue weighted by Gasteiger charge is -2.14. The molecule has 1 aromatic carbocycles. The Labute approximate surface area is 108 Å². The molecule has 94 valence electrons. The molecule has 0 aliphatic carbocycles. The fourth-order valence-electron chi connectivity index (χ4n) is 1.49. The Balaban J connectivity index is 2.20. The standard InChI is InChI=1S/C11H12N4O2S/c1-2-12-11-14-13-10(7-18-11)8-4-3-5-9(6-8)15(16)17/h3-6H,2,7H2,1H3,(H,12,14).